The third-order valence-corrected chi connectivity index (χ3v) is 6.29. The fourth-order valence-corrected chi connectivity index (χ4v) is 4.56. The van der Waals surface area contributed by atoms with E-state index in [2.05, 4.69) is 20.1 Å². The monoisotopic (exact) mass is 430 g/mol. The van der Waals surface area contributed by atoms with E-state index in [0.29, 0.717) is 17.5 Å². The van der Waals surface area contributed by atoms with Crippen molar-refractivity contribution in [1.82, 2.24) is 20.1 Å². The lowest BCUT2D eigenvalue weighted by molar-refractivity contribution is 0.0252. The highest BCUT2D eigenvalue weighted by Crippen LogP contribution is 2.31. The number of amides is 1. The first-order chi connectivity index (χ1) is 15.6. The number of benzene rings is 2. The third-order valence-electron chi connectivity index (χ3n) is 6.29. The highest BCUT2D eigenvalue weighted by Gasteiger charge is 2.28. The molecule has 0 spiro atoms. The van der Waals surface area contributed by atoms with Gasteiger partial charge >= 0.3 is 5.97 Å². The molecule has 3 heterocycles. The van der Waals surface area contributed by atoms with Crippen LogP contribution in [0.2, 0.25) is 0 Å². The van der Waals surface area contributed by atoms with Crippen molar-refractivity contribution < 1.29 is 14.3 Å². The molecular weight excluding hydrogens is 404 g/mol. The zero-order chi connectivity index (χ0) is 22.1. The Kier molecular flexibility index (Phi) is 5.47. The number of rotatable bonds is 4. The molecule has 2 aliphatic heterocycles. The molecule has 1 N–H and O–H groups in total. The van der Waals surface area contributed by atoms with Crippen LogP contribution in [0, 0.1) is 0 Å². The van der Waals surface area contributed by atoms with E-state index in [1.165, 1.54) is 6.42 Å². The number of nitrogens with one attached hydrogen (secondary N) is 1. The zero-order valence-corrected chi connectivity index (χ0v) is 18.1. The highest BCUT2D eigenvalue weighted by molar-refractivity contribution is 5.98. The van der Waals surface area contributed by atoms with Gasteiger partial charge in [-0.15, -0.1) is 10.2 Å². The van der Waals surface area contributed by atoms with Gasteiger partial charge < -0.3 is 14.6 Å². The van der Waals surface area contributed by atoms with Gasteiger partial charge in [-0.2, -0.15) is 0 Å². The van der Waals surface area contributed by atoms with Gasteiger partial charge in [-0.1, -0.05) is 36.8 Å². The normalized spacial score (nSPS) is 18.7. The number of nitrogens with zero attached hydrogens (tertiary/aromatic N) is 3. The van der Waals surface area contributed by atoms with Crippen molar-refractivity contribution in [3.05, 3.63) is 82.4 Å². The first-order valence-corrected chi connectivity index (χ1v) is 11.2. The maximum absolute atomic E-state index is 13.0. The van der Waals surface area contributed by atoms with E-state index in [1.807, 2.05) is 37.3 Å². The third kappa shape index (κ3) is 3.90. The lowest BCUT2D eigenvalue weighted by Gasteiger charge is -2.25. The molecule has 32 heavy (non-hydrogen) atoms. The molecule has 2 aliphatic rings. The van der Waals surface area contributed by atoms with Gasteiger partial charge in [0.25, 0.3) is 5.91 Å². The number of aryl methyl sites for hydroxylation is 1. The molecule has 7 heteroatoms. The lowest BCUT2D eigenvalue weighted by Crippen LogP contribution is -2.29. The fourth-order valence-electron chi connectivity index (χ4n) is 4.56. The minimum atomic E-state index is -0.355. The second kappa shape index (κ2) is 8.57. The highest BCUT2D eigenvalue weighted by atomic mass is 16.5. The largest absolute Gasteiger partial charge is 0.454 e. The molecule has 0 bridgehead atoms. The average Bonchev–Trinajstić information content (AvgIpc) is 3.07. The molecular formula is C25H26N4O3. The molecule has 164 valence electrons. The first kappa shape index (κ1) is 20.4. The molecule has 7 nitrogen and oxygen atoms in total. The van der Waals surface area contributed by atoms with Crippen LogP contribution in [0.3, 0.4) is 0 Å². The Morgan fingerprint density at radius 2 is 1.97 bits per heavy atom. The van der Waals surface area contributed by atoms with E-state index in [1.54, 1.807) is 18.2 Å². The average molecular weight is 431 g/mol. The van der Waals surface area contributed by atoms with E-state index < -0.39 is 0 Å². The van der Waals surface area contributed by atoms with Crippen LogP contribution in [0.5, 0.6) is 0 Å². The van der Waals surface area contributed by atoms with Gasteiger partial charge in [0.1, 0.15) is 11.9 Å². The molecule has 0 unspecified atom stereocenters. The first-order valence-electron chi connectivity index (χ1n) is 11.2. The summed E-state index contributed by atoms with van der Waals surface area (Å²) in [5, 5.41) is 11.7. The summed E-state index contributed by atoms with van der Waals surface area (Å²) in [6.07, 6.45) is 4.53. The summed E-state index contributed by atoms with van der Waals surface area (Å²) in [6, 6.07) is 14.6. The summed E-state index contributed by atoms with van der Waals surface area (Å²) in [6.45, 7) is 2.82. The van der Waals surface area contributed by atoms with Crippen LogP contribution in [-0.4, -0.2) is 26.6 Å². The number of hydrogen-bond acceptors (Lipinski definition) is 5. The summed E-state index contributed by atoms with van der Waals surface area (Å²) >= 11 is 0. The molecule has 0 fully saturated rings. The van der Waals surface area contributed by atoms with E-state index >= 15 is 0 Å². The van der Waals surface area contributed by atoms with Crippen LogP contribution in [0.15, 0.2) is 48.5 Å². The number of esters is 1. The zero-order valence-electron chi connectivity index (χ0n) is 18.1. The van der Waals surface area contributed by atoms with Crippen molar-refractivity contribution in [3.8, 4) is 0 Å². The maximum Gasteiger partial charge on any atom is 0.339 e. The number of hydrogen-bond donors (Lipinski definition) is 1. The molecule has 3 aromatic rings. The van der Waals surface area contributed by atoms with E-state index in [0.717, 1.165) is 48.6 Å². The molecule has 0 aliphatic carbocycles. The van der Waals surface area contributed by atoms with Crippen molar-refractivity contribution in [2.75, 3.05) is 0 Å². The quantitative estimate of drug-likeness (QED) is 0.634. The summed E-state index contributed by atoms with van der Waals surface area (Å²) < 4.78 is 7.76. The minimum Gasteiger partial charge on any atom is -0.454 e. The number of aromatic nitrogens is 3. The number of ether oxygens (including phenoxy) is 1. The molecule has 5 rings (SSSR count). The van der Waals surface area contributed by atoms with Gasteiger partial charge in [-0.05, 0) is 49.1 Å². The van der Waals surface area contributed by atoms with Crippen molar-refractivity contribution in [3.63, 3.8) is 0 Å². The van der Waals surface area contributed by atoms with Crippen molar-refractivity contribution in [2.24, 2.45) is 0 Å². The lowest BCUT2D eigenvalue weighted by atomic mass is 9.93. The second-order valence-electron chi connectivity index (χ2n) is 8.51. The Labute approximate surface area is 186 Å². The van der Waals surface area contributed by atoms with Crippen LogP contribution in [0.25, 0.3) is 0 Å². The Balaban J connectivity index is 1.34. The van der Waals surface area contributed by atoms with Crippen LogP contribution in [0.4, 0.5) is 0 Å². The number of cyclic esters (lactones) is 1. The molecule has 2 atom stereocenters. The summed E-state index contributed by atoms with van der Waals surface area (Å²) in [5.74, 6) is 1.24. The predicted molar refractivity (Wildman–Crippen MR) is 118 cm³/mol. The molecule has 0 saturated carbocycles. The summed E-state index contributed by atoms with van der Waals surface area (Å²) in [7, 11) is 0. The second-order valence-corrected chi connectivity index (χ2v) is 8.51. The van der Waals surface area contributed by atoms with E-state index in [9.17, 15) is 9.59 Å². The Morgan fingerprint density at radius 3 is 2.81 bits per heavy atom. The Hall–Kier alpha value is -3.48. The van der Waals surface area contributed by atoms with Crippen LogP contribution in [-0.2, 0) is 24.1 Å². The molecule has 1 aromatic heterocycles. The number of carbonyl (C=O) groups excluding carboxylic acids is 2. The molecule has 0 radical (unpaired) electrons. The van der Waals surface area contributed by atoms with Crippen LogP contribution in [0.1, 0.15) is 81.8 Å². The van der Waals surface area contributed by atoms with Crippen molar-refractivity contribution >= 4 is 11.9 Å². The predicted octanol–water partition coefficient (Wildman–Crippen LogP) is 3.95. The topological polar surface area (TPSA) is 86.1 Å². The van der Waals surface area contributed by atoms with Crippen molar-refractivity contribution in [1.29, 1.82) is 0 Å². The van der Waals surface area contributed by atoms with Crippen molar-refractivity contribution in [2.45, 2.75) is 57.7 Å². The van der Waals surface area contributed by atoms with Crippen LogP contribution >= 0.6 is 0 Å². The van der Waals surface area contributed by atoms with Gasteiger partial charge in [0, 0.05) is 24.9 Å². The van der Waals surface area contributed by atoms with E-state index in [4.69, 9.17) is 4.74 Å². The van der Waals surface area contributed by atoms with Gasteiger partial charge in [0.2, 0.25) is 0 Å². The summed E-state index contributed by atoms with van der Waals surface area (Å²) in [5.41, 5.74) is 2.81. The van der Waals surface area contributed by atoms with Crippen LogP contribution < -0.4 is 5.32 Å². The molecule has 1 amide bonds. The smallest absolute Gasteiger partial charge is 0.339 e. The summed E-state index contributed by atoms with van der Waals surface area (Å²) in [4.78, 5) is 25.5. The minimum absolute atomic E-state index is 0.193. The maximum atomic E-state index is 13.0. The standard InChI is InChI=1S/C25H26N4O3/c1-16(23-28-27-22-10-6-3-7-13-29(22)23)26-24(30)18-11-12-20-19(14-18)15-21(32-25(20)31)17-8-4-2-5-9-17/h2,4-5,8-9,11-12,14,16,21H,3,6-7,10,13,15H2,1H3,(H,26,30)/t16-,21-/m1/s1. The van der Waals surface area contributed by atoms with Gasteiger partial charge in [-0.25, -0.2) is 4.79 Å². The molecule has 2 aromatic carbocycles. The van der Waals surface area contributed by atoms with Gasteiger partial charge in [-0.3, -0.25) is 4.79 Å². The number of fused-ring (bicyclic) bond motifs is 2. The van der Waals surface area contributed by atoms with Gasteiger partial charge in [0.05, 0.1) is 11.6 Å². The van der Waals surface area contributed by atoms with Gasteiger partial charge in [0.15, 0.2) is 5.82 Å². The SMILES string of the molecule is C[C@@H](NC(=O)c1ccc2c(c1)C[C@H](c1ccccc1)OC2=O)c1nnc2n1CCCCC2. The van der Waals surface area contributed by atoms with E-state index in [-0.39, 0.29) is 24.0 Å². The fraction of sp³-hybridized carbons (Fsp3) is 0.360. The number of carbonyl (C=O) groups is 2. The Morgan fingerprint density at radius 1 is 1.12 bits per heavy atom. The Bertz CT molecular complexity index is 1160. The molecule has 0 saturated heterocycles.